The summed E-state index contributed by atoms with van der Waals surface area (Å²) in [5.41, 5.74) is 23.8. The summed E-state index contributed by atoms with van der Waals surface area (Å²) < 4.78 is 0. The Labute approximate surface area is 445 Å². The fourth-order valence-corrected chi connectivity index (χ4v) is 9.89. The van der Waals surface area contributed by atoms with Crippen molar-refractivity contribution in [3.63, 3.8) is 0 Å². The number of nitrogens with zero attached hydrogens (tertiary/aromatic N) is 2. The molecular weight excluding hydrogens is 893 g/mol. The molecule has 9 rings (SSSR count). The predicted octanol–water partition coefficient (Wildman–Crippen LogP) is 20.9. The summed E-state index contributed by atoms with van der Waals surface area (Å²) in [7, 11) is 0. The maximum atomic E-state index is 8.47. The van der Waals surface area contributed by atoms with Crippen LogP contribution in [0.5, 0.6) is 0 Å². The van der Waals surface area contributed by atoms with Gasteiger partial charge in [0.1, 0.15) is 0 Å². The first-order valence-electron chi connectivity index (χ1n) is 26.4. The summed E-state index contributed by atoms with van der Waals surface area (Å²) in [6.45, 7) is 31.4. The lowest BCUT2D eigenvalue weighted by Crippen LogP contribution is -2.17. The number of aryl methyl sites for hydroxylation is 4. The molecule has 0 bridgehead atoms. The quantitative estimate of drug-likeness (QED) is 0.114. The average molecular weight is 969 g/mol. The molecule has 2 nitrogen and oxygen atoms in total. The van der Waals surface area contributed by atoms with Crippen LogP contribution in [0.2, 0.25) is 0 Å². The molecule has 8 aromatic carbocycles. The minimum atomic E-state index is -0.103. The molecule has 0 aliphatic heterocycles. The Morgan fingerprint density at radius 1 is 0.622 bits per heavy atom. The molecule has 0 saturated carbocycles. The largest absolute Gasteiger partial charge is 0.310 e. The average Bonchev–Trinajstić information content (AvgIpc) is 3.66. The molecule has 1 aliphatic rings. The van der Waals surface area contributed by atoms with Crippen molar-refractivity contribution in [3.05, 3.63) is 269 Å². The molecule has 0 aromatic heterocycles. The van der Waals surface area contributed by atoms with E-state index in [4.69, 9.17) is 5.26 Å². The normalized spacial score (nSPS) is 12.3. The van der Waals surface area contributed by atoms with Gasteiger partial charge in [0.25, 0.3) is 0 Å². The lowest BCUT2D eigenvalue weighted by atomic mass is 9.81. The Morgan fingerprint density at radius 2 is 1.28 bits per heavy atom. The Hall–Kier alpha value is -7.99. The van der Waals surface area contributed by atoms with Crippen molar-refractivity contribution in [2.24, 2.45) is 0 Å². The van der Waals surface area contributed by atoms with Gasteiger partial charge in [-0.15, -0.1) is 0 Å². The highest BCUT2D eigenvalue weighted by Crippen LogP contribution is 2.55. The van der Waals surface area contributed by atoms with Crippen molar-refractivity contribution in [3.8, 4) is 28.3 Å². The molecule has 374 valence electrons. The topological polar surface area (TPSA) is 27.0 Å². The number of nitriles is 1. The fourth-order valence-electron chi connectivity index (χ4n) is 9.89. The number of allylic oxidation sites excluding steroid dienone is 7. The summed E-state index contributed by atoms with van der Waals surface area (Å²) in [4.78, 5) is 2.48. The molecule has 0 saturated heterocycles. The van der Waals surface area contributed by atoms with Gasteiger partial charge in [-0.05, 0) is 174 Å². The summed E-state index contributed by atoms with van der Waals surface area (Å²) in [6.07, 6.45) is 13.2. The smallest absolute Gasteiger partial charge is 0.0994 e. The van der Waals surface area contributed by atoms with Crippen molar-refractivity contribution in [2.45, 2.75) is 101 Å². The van der Waals surface area contributed by atoms with Crippen molar-refractivity contribution >= 4 is 39.5 Å². The van der Waals surface area contributed by atoms with Gasteiger partial charge >= 0.3 is 0 Å². The van der Waals surface area contributed by atoms with Crippen LogP contribution in [0.1, 0.15) is 118 Å². The van der Waals surface area contributed by atoms with Gasteiger partial charge in [-0.3, -0.25) is 0 Å². The van der Waals surface area contributed by atoms with Crippen molar-refractivity contribution in [1.29, 1.82) is 5.26 Å². The number of hydrogen-bond acceptors (Lipinski definition) is 2. The Morgan fingerprint density at radius 3 is 1.97 bits per heavy atom. The maximum Gasteiger partial charge on any atom is 0.0994 e. The zero-order valence-corrected chi connectivity index (χ0v) is 46.0. The third-order valence-corrected chi connectivity index (χ3v) is 14.3. The van der Waals surface area contributed by atoms with E-state index in [2.05, 4.69) is 225 Å². The van der Waals surface area contributed by atoms with Gasteiger partial charge < -0.3 is 4.90 Å². The summed E-state index contributed by atoms with van der Waals surface area (Å²) >= 11 is 0. The number of para-hydroxylation sites is 1. The lowest BCUT2D eigenvalue weighted by molar-refractivity contribution is 0.660. The number of benzene rings is 8. The van der Waals surface area contributed by atoms with E-state index in [1.54, 1.807) is 6.08 Å². The molecule has 0 N–H and O–H groups in total. The second-order valence-corrected chi connectivity index (χ2v) is 19.4. The first-order chi connectivity index (χ1) is 35.8. The van der Waals surface area contributed by atoms with Gasteiger partial charge in [-0.1, -0.05) is 224 Å². The molecular formula is C72H76N2. The third-order valence-electron chi connectivity index (χ3n) is 14.3. The third kappa shape index (κ3) is 12.4. The fraction of sp³-hybridized carbons (Fsp3) is 0.208. The molecule has 0 atom stereocenters. The highest BCUT2D eigenvalue weighted by Gasteiger charge is 2.38. The van der Waals surface area contributed by atoms with Crippen molar-refractivity contribution in [2.75, 3.05) is 4.90 Å². The monoisotopic (exact) mass is 969 g/mol. The molecule has 0 heterocycles. The van der Waals surface area contributed by atoms with Gasteiger partial charge in [0, 0.05) is 22.2 Å². The number of fused-ring (bicyclic) bond motifs is 5. The Balaban J connectivity index is 0.000000244. The standard InChI is InChI=1S/C43H41N.C19H22.C8H7N.C2H6/c1-6-7-15-31-16-11-12-19-34(31)38-27-33(24-23-30(38)3)44(32-17-9-8-10-18-32)41-28-40-42(36-21-14-13-20-35(36)41)37-25-22-29(2)26-39(37)43(40,4)5;1-6-8-9-12-15(3)16(4)17(5)19-14-11-10-13-18(19)7-2;1-7-4-2-3-5-8(7)6-9;1-2/h8-14,16-28H,6-7,15H2,1-5H3;6-14H,1-2H2,3-5H3;2-5H,1H3;1-2H3/b;9-8-,15-12+,17-16+;;. The zero-order chi connectivity index (χ0) is 53.4. The van der Waals surface area contributed by atoms with Gasteiger partial charge in [0.2, 0.25) is 0 Å². The Bertz CT molecular complexity index is 3370. The van der Waals surface area contributed by atoms with E-state index in [0.29, 0.717) is 0 Å². The molecule has 0 spiro atoms. The van der Waals surface area contributed by atoms with Crippen LogP contribution in [0.15, 0.2) is 218 Å². The molecule has 0 unspecified atom stereocenters. The van der Waals surface area contributed by atoms with Crippen molar-refractivity contribution < 1.29 is 0 Å². The first-order valence-corrected chi connectivity index (χ1v) is 26.4. The van der Waals surface area contributed by atoms with Crippen LogP contribution in [-0.4, -0.2) is 0 Å². The number of rotatable bonds is 12. The molecule has 74 heavy (non-hydrogen) atoms. The first kappa shape index (κ1) is 55.3. The zero-order valence-electron chi connectivity index (χ0n) is 46.0. The van der Waals surface area contributed by atoms with Crippen LogP contribution < -0.4 is 4.90 Å². The molecule has 1 aliphatic carbocycles. The van der Waals surface area contributed by atoms with Gasteiger partial charge in [0.05, 0.1) is 17.3 Å². The molecule has 8 aromatic rings. The van der Waals surface area contributed by atoms with Crippen LogP contribution in [0.25, 0.3) is 44.7 Å². The minimum absolute atomic E-state index is 0.103. The summed E-state index contributed by atoms with van der Waals surface area (Å²) in [5.74, 6) is 0. The van der Waals surface area contributed by atoms with Gasteiger partial charge in [0.15, 0.2) is 0 Å². The van der Waals surface area contributed by atoms with Crippen LogP contribution in [0, 0.1) is 32.1 Å². The van der Waals surface area contributed by atoms with Gasteiger partial charge in [-0.25, -0.2) is 0 Å². The molecule has 2 heteroatoms. The van der Waals surface area contributed by atoms with E-state index in [1.807, 2.05) is 69.3 Å². The predicted molar refractivity (Wildman–Crippen MR) is 325 cm³/mol. The number of anilines is 3. The van der Waals surface area contributed by atoms with E-state index in [1.165, 1.54) is 113 Å². The highest BCUT2D eigenvalue weighted by atomic mass is 15.1. The Kier molecular flexibility index (Phi) is 19.5. The van der Waals surface area contributed by atoms with Crippen LogP contribution in [0.4, 0.5) is 17.1 Å². The molecule has 0 radical (unpaired) electrons. The van der Waals surface area contributed by atoms with Crippen LogP contribution in [-0.2, 0) is 11.8 Å². The van der Waals surface area contributed by atoms with Gasteiger partial charge in [-0.2, -0.15) is 5.26 Å². The number of hydrogen-bond donors (Lipinski definition) is 0. The maximum absolute atomic E-state index is 8.47. The highest BCUT2D eigenvalue weighted by molar-refractivity contribution is 6.10. The summed E-state index contributed by atoms with van der Waals surface area (Å²) in [6, 6.07) is 63.3. The molecule has 0 fully saturated rings. The minimum Gasteiger partial charge on any atom is -0.310 e. The SMILES string of the molecule is C=C\C=C/C=C(C)/C(C)=C(\C)c1ccccc1C=C.CC.CCCCc1ccccc1-c1cc(N(c2ccccc2)c2cc3c(c4ccccc24)-c2ccc(C)cc2C3(C)C)ccc1C.Cc1ccccc1C#N. The second kappa shape index (κ2) is 26.1. The van der Waals surface area contributed by atoms with E-state index >= 15 is 0 Å². The number of unbranched alkanes of at least 4 members (excludes halogenated alkanes) is 1. The summed E-state index contributed by atoms with van der Waals surface area (Å²) in [5, 5.41) is 11.1. The van der Waals surface area contributed by atoms with Crippen LogP contribution in [0.3, 0.4) is 0 Å². The lowest BCUT2D eigenvalue weighted by Gasteiger charge is -2.30. The molecule has 0 amide bonds. The van der Waals surface area contributed by atoms with Crippen molar-refractivity contribution in [1.82, 2.24) is 0 Å². The van der Waals surface area contributed by atoms with E-state index in [0.717, 1.165) is 23.2 Å². The van der Waals surface area contributed by atoms with Crippen LogP contribution >= 0.6 is 0 Å². The van der Waals surface area contributed by atoms with E-state index in [9.17, 15) is 0 Å². The van der Waals surface area contributed by atoms with E-state index in [-0.39, 0.29) is 5.41 Å². The van der Waals surface area contributed by atoms with E-state index < -0.39 is 0 Å². The second-order valence-electron chi connectivity index (χ2n) is 19.4.